The Morgan fingerprint density at radius 3 is 3.05 bits per heavy atom. The van der Waals surface area contributed by atoms with Crippen LogP contribution >= 0.6 is 11.3 Å². The molecule has 0 bridgehead atoms. The van der Waals surface area contributed by atoms with Crippen molar-refractivity contribution >= 4 is 28.3 Å². The Balaban J connectivity index is 2.14. The lowest BCUT2D eigenvalue weighted by Gasteiger charge is -2.14. The standard InChI is InChI=1S/C16H22N2O3S/c1-3-5-6-12(4-2)11-21-15-13(7-8-14(19)20)18-9-10-22-16(18)17-15/h7-10,12H,3-6,11H2,1-2H3,(H,19,20)/b8-7+. The maximum atomic E-state index is 10.8. The van der Waals surface area contributed by atoms with Crippen LogP contribution < -0.4 is 4.74 Å². The van der Waals surface area contributed by atoms with Gasteiger partial charge in [-0.2, -0.15) is 4.98 Å². The number of unbranched alkanes of at least 4 members (excludes halogenated alkanes) is 1. The van der Waals surface area contributed by atoms with Gasteiger partial charge >= 0.3 is 5.97 Å². The van der Waals surface area contributed by atoms with E-state index in [0.29, 0.717) is 24.1 Å². The third-order valence-electron chi connectivity index (χ3n) is 3.65. The second-order valence-electron chi connectivity index (χ2n) is 5.26. The van der Waals surface area contributed by atoms with Crippen LogP contribution in [0.25, 0.3) is 11.0 Å². The van der Waals surface area contributed by atoms with Crippen LogP contribution in [0.2, 0.25) is 0 Å². The van der Waals surface area contributed by atoms with Crippen LogP contribution in [0.3, 0.4) is 0 Å². The second kappa shape index (κ2) is 7.98. The van der Waals surface area contributed by atoms with Gasteiger partial charge in [-0.3, -0.25) is 4.40 Å². The Bertz CT molecular complexity index is 645. The molecule has 0 aliphatic rings. The van der Waals surface area contributed by atoms with Crippen molar-refractivity contribution in [3.8, 4) is 5.88 Å². The Kier molecular flexibility index (Phi) is 6.00. The summed E-state index contributed by atoms with van der Waals surface area (Å²) in [7, 11) is 0. The molecule has 0 saturated heterocycles. The number of imidazole rings is 1. The fourth-order valence-electron chi connectivity index (χ4n) is 2.29. The maximum absolute atomic E-state index is 10.8. The van der Waals surface area contributed by atoms with Crippen molar-refractivity contribution in [3.63, 3.8) is 0 Å². The molecule has 0 aliphatic heterocycles. The van der Waals surface area contributed by atoms with Gasteiger partial charge in [0, 0.05) is 17.7 Å². The molecular formula is C16H22N2O3S. The van der Waals surface area contributed by atoms with Gasteiger partial charge in [-0.25, -0.2) is 4.79 Å². The molecule has 2 aromatic rings. The molecule has 5 nitrogen and oxygen atoms in total. The molecular weight excluding hydrogens is 300 g/mol. The van der Waals surface area contributed by atoms with Crippen molar-refractivity contribution in [1.29, 1.82) is 0 Å². The van der Waals surface area contributed by atoms with Crippen LogP contribution in [0.4, 0.5) is 0 Å². The van der Waals surface area contributed by atoms with Crippen molar-refractivity contribution in [1.82, 2.24) is 9.38 Å². The number of carboxylic acid groups (broad SMARTS) is 1. The minimum atomic E-state index is -0.981. The van der Waals surface area contributed by atoms with Crippen molar-refractivity contribution in [2.75, 3.05) is 6.61 Å². The van der Waals surface area contributed by atoms with Gasteiger partial charge in [-0.1, -0.05) is 33.1 Å². The Morgan fingerprint density at radius 1 is 1.55 bits per heavy atom. The average molecular weight is 322 g/mol. The van der Waals surface area contributed by atoms with Crippen LogP contribution in [0.5, 0.6) is 5.88 Å². The number of fused-ring (bicyclic) bond motifs is 1. The van der Waals surface area contributed by atoms with E-state index < -0.39 is 5.97 Å². The quantitative estimate of drug-likeness (QED) is 0.706. The highest BCUT2D eigenvalue weighted by Gasteiger charge is 2.14. The number of ether oxygens (including phenoxy) is 1. The van der Waals surface area contributed by atoms with E-state index in [1.165, 1.54) is 30.3 Å². The van der Waals surface area contributed by atoms with Crippen molar-refractivity contribution in [2.24, 2.45) is 5.92 Å². The first-order valence-corrected chi connectivity index (χ1v) is 8.53. The van der Waals surface area contributed by atoms with Crippen LogP contribution in [0.15, 0.2) is 17.7 Å². The summed E-state index contributed by atoms with van der Waals surface area (Å²) in [5.74, 6) is 0.0424. The van der Waals surface area contributed by atoms with Crippen LogP contribution in [-0.4, -0.2) is 27.1 Å². The van der Waals surface area contributed by atoms with Crippen LogP contribution in [0.1, 0.15) is 45.2 Å². The molecule has 1 unspecified atom stereocenters. The predicted octanol–water partition coefficient (Wildman–Crippen LogP) is 4.09. The largest absolute Gasteiger partial charge is 0.478 e. The smallest absolute Gasteiger partial charge is 0.328 e. The highest BCUT2D eigenvalue weighted by molar-refractivity contribution is 7.15. The van der Waals surface area contributed by atoms with Gasteiger partial charge in [0.1, 0.15) is 5.69 Å². The molecule has 0 amide bonds. The summed E-state index contributed by atoms with van der Waals surface area (Å²) < 4.78 is 7.75. The topological polar surface area (TPSA) is 63.8 Å². The lowest BCUT2D eigenvalue weighted by atomic mass is 10.0. The van der Waals surface area contributed by atoms with Crippen LogP contribution in [0, 0.1) is 5.92 Å². The molecule has 0 radical (unpaired) electrons. The number of rotatable bonds is 9. The number of hydrogen-bond donors (Lipinski definition) is 1. The monoisotopic (exact) mass is 322 g/mol. The summed E-state index contributed by atoms with van der Waals surface area (Å²) in [6.07, 6.45) is 9.13. The van der Waals surface area contributed by atoms with Gasteiger partial charge in [0.15, 0.2) is 4.96 Å². The maximum Gasteiger partial charge on any atom is 0.328 e. The summed E-state index contributed by atoms with van der Waals surface area (Å²) in [5.41, 5.74) is 0.684. The van der Waals surface area contributed by atoms with Crippen molar-refractivity contribution in [2.45, 2.75) is 39.5 Å². The number of nitrogens with zero attached hydrogens (tertiary/aromatic N) is 2. The van der Waals surface area contributed by atoms with E-state index in [-0.39, 0.29) is 0 Å². The van der Waals surface area contributed by atoms with Gasteiger partial charge in [0.25, 0.3) is 0 Å². The minimum Gasteiger partial charge on any atom is -0.478 e. The lowest BCUT2D eigenvalue weighted by molar-refractivity contribution is -0.131. The minimum absolute atomic E-state index is 0.510. The molecule has 2 rings (SSSR count). The zero-order valence-corrected chi connectivity index (χ0v) is 13.8. The molecule has 0 aromatic carbocycles. The number of carboxylic acids is 1. The zero-order valence-electron chi connectivity index (χ0n) is 13.0. The molecule has 0 fully saturated rings. The van der Waals surface area contributed by atoms with Gasteiger partial charge in [-0.15, -0.1) is 11.3 Å². The zero-order chi connectivity index (χ0) is 15.9. The van der Waals surface area contributed by atoms with Gasteiger partial charge in [-0.05, 0) is 18.4 Å². The van der Waals surface area contributed by atoms with E-state index in [2.05, 4.69) is 18.8 Å². The van der Waals surface area contributed by atoms with E-state index in [1.54, 1.807) is 0 Å². The molecule has 22 heavy (non-hydrogen) atoms. The summed E-state index contributed by atoms with van der Waals surface area (Å²) in [6.45, 7) is 4.97. The number of aromatic nitrogens is 2. The second-order valence-corrected chi connectivity index (χ2v) is 6.13. The molecule has 2 aromatic heterocycles. The summed E-state index contributed by atoms with van der Waals surface area (Å²) >= 11 is 1.50. The number of thiazole rings is 1. The highest BCUT2D eigenvalue weighted by atomic mass is 32.1. The van der Waals surface area contributed by atoms with E-state index in [0.717, 1.165) is 23.9 Å². The third kappa shape index (κ3) is 4.10. The molecule has 0 saturated carbocycles. The van der Waals surface area contributed by atoms with E-state index in [1.807, 2.05) is 16.0 Å². The van der Waals surface area contributed by atoms with E-state index in [9.17, 15) is 4.79 Å². The molecule has 1 N–H and O–H groups in total. The van der Waals surface area contributed by atoms with Gasteiger partial charge < -0.3 is 9.84 Å². The first-order valence-electron chi connectivity index (χ1n) is 7.65. The van der Waals surface area contributed by atoms with Gasteiger partial charge in [0.2, 0.25) is 5.88 Å². The SMILES string of the molecule is CCCCC(CC)COc1nc2sccn2c1/C=C/C(=O)O. The lowest BCUT2D eigenvalue weighted by Crippen LogP contribution is -2.12. The molecule has 0 spiro atoms. The van der Waals surface area contributed by atoms with Crippen molar-refractivity contribution < 1.29 is 14.6 Å². The predicted molar refractivity (Wildman–Crippen MR) is 88.5 cm³/mol. The average Bonchev–Trinajstić information content (AvgIpc) is 3.06. The Hall–Kier alpha value is -1.82. The summed E-state index contributed by atoms with van der Waals surface area (Å²) in [4.78, 5) is 16.0. The molecule has 2 heterocycles. The van der Waals surface area contributed by atoms with E-state index >= 15 is 0 Å². The molecule has 120 valence electrons. The van der Waals surface area contributed by atoms with Gasteiger partial charge in [0.05, 0.1) is 6.61 Å². The first kappa shape index (κ1) is 16.5. The Morgan fingerprint density at radius 2 is 2.36 bits per heavy atom. The fraction of sp³-hybridized carbons (Fsp3) is 0.500. The number of aliphatic carboxylic acids is 1. The van der Waals surface area contributed by atoms with E-state index in [4.69, 9.17) is 9.84 Å². The molecule has 0 aliphatic carbocycles. The summed E-state index contributed by atoms with van der Waals surface area (Å²) in [6, 6.07) is 0. The summed E-state index contributed by atoms with van der Waals surface area (Å²) in [5, 5.41) is 10.7. The normalized spacial score (nSPS) is 13.0. The third-order valence-corrected chi connectivity index (χ3v) is 4.40. The van der Waals surface area contributed by atoms with Crippen molar-refractivity contribution in [3.05, 3.63) is 23.3 Å². The molecule has 1 atom stereocenters. The first-order chi connectivity index (χ1) is 10.7. The number of carbonyl (C=O) groups is 1. The Labute approximate surface area is 134 Å². The number of hydrogen-bond acceptors (Lipinski definition) is 4. The van der Waals surface area contributed by atoms with Crippen LogP contribution in [-0.2, 0) is 4.79 Å². The fourth-order valence-corrected chi connectivity index (χ4v) is 3.00. The highest BCUT2D eigenvalue weighted by Crippen LogP contribution is 2.25. The molecule has 6 heteroatoms.